The summed E-state index contributed by atoms with van der Waals surface area (Å²) in [6.07, 6.45) is 2.95. The first-order valence-corrected chi connectivity index (χ1v) is 9.42. The van der Waals surface area contributed by atoms with Gasteiger partial charge in [-0.1, -0.05) is 13.0 Å². The van der Waals surface area contributed by atoms with Crippen molar-refractivity contribution in [3.05, 3.63) is 41.2 Å². The molecule has 0 radical (unpaired) electrons. The van der Waals surface area contributed by atoms with Crippen LogP contribution in [0.3, 0.4) is 0 Å². The van der Waals surface area contributed by atoms with Crippen LogP contribution in [0.5, 0.6) is 11.5 Å². The van der Waals surface area contributed by atoms with Crippen LogP contribution in [0.4, 0.5) is 0 Å². The number of carboxylic acids is 1. The number of aliphatic carboxylic acids is 1. The second-order valence-electron chi connectivity index (χ2n) is 7.34. The quantitative estimate of drug-likeness (QED) is 0.841. The van der Waals surface area contributed by atoms with Crippen LogP contribution >= 0.6 is 0 Å². The first kappa shape index (κ1) is 17.9. The largest absolute Gasteiger partial charge is 0.481 e. The molecule has 27 heavy (non-hydrogen) atoms. The van der Waals surface area contributed by atoms with Crippen LogP contribution in [0.1, 0.15) is 36.1 Å². The van der Waals surface area contributed by atoms with Crippen LogP contribution in [0.15, 0.2) is 24.4 Å². The third-order valence-electron chi connectivity index (χ3n) is 5.57. The van der Waals surface area contributed by atoms with E-state index >= 15 is 0 Å². The number of carboxylic acid groups (broad SMARTS) is 1. The molecule has 1 aromatic heterocycles. The van der Waals surface area contributed by atoms with E-state index in [0.29, 0.717) is 18.8 Å². The SMILES string of the molecule is CCCn1ncc(CN2C[C@H](C(=O)O)[C@@H](c3ccc4c(c3)OCO4)C2)c1C. The zero-order chi connectivity index (χ0) is 19.0. The zero-order valence-electron chi connectivity index (χ0n) is 15.7. The molecule has 0 aliphatic carbocycles. The van der Waals surface area contributed by atoms with Gasteiger partial charge < -0.3 is 14.6 Å². The zero-order valence-corrected chi connectivity index (χ0v) is 15.7. The van der Waals surface area contributed by atoms with E-state index in [1.54, 1.807) is 0 Å². The molecule has 2 aliphatic heterocycles. The number of hydrogen-bond acceptors (Lipinski definition) is 5. The molecular weight excluding hydrogens is 346 g/mol. The van der Waals surface area contributed by atoms with Gasteiger partial charge in [0.15, 0.2) is 11.5 Å². The summed E-state index contributed by atoms with van der Waals surface area (Å²) in [5.74, 6) is 0.171. The Hall–Kier alpha value is -2.54. The van der Waals surface area contributed by atoms with Gasteiger partial charge in [-0.25, -0.2) is 0 Å². The van der Waals surface area contributed by atoms with Gasteiger partial charge >= 0.3 is 5.97 Å². The number of carbonyl (C=O) groups is 1. The Balaban J connectivity index is 1.53. The molecule has 7 nitrogen and oxygen atoms in total. The highest BCUT2D eigenvalue weighted by atomic mass is 16.7. The summed E-state index contributed by atoms with van der Waals surface area (Å²) in [5.41, 5.74) is 3.32. The van der Waals surface area contributed by atoms with Crippen molar-refractivity contribution in [2.75, 3.05) is 19.9 Å². The van der Waals surface area contributed by atoms with Crippen LogP contribution < -0.4 is 9.47 Å². The number of rotatable bonds is 6. The summed E-state index contributed by atoms with van der Waals surface area (Å²) in [7, 11) is 0. The van der Waals surface area contributed by atoms with Crippen molar-refractivity contribution in [2.45, 2.75) is 39.3 Å². The molecule has 1 saturated heterocycles. The highest BCUT2D eigenvalue weighted by Gasteiger charge is 2.39. The molecule has 1 aromatic carbocycles. The monoisotopic (exact) mass is 371 g/mol. The number of fused-ring (bicyclic) bond motifs is 1. The number of aryl methyl sites for hydroxylation is 1. The summed E-state index contributed by atoms with van der Waals surface area (Å²) < 4.78 is 12.9. The Morgan fingerprint density at radius 3 is 2.89 bits per heavy atom. The summed E-state index contributed by atoms with van der Waals surface area (Å²) in [6.45, 7) is 7.30. The molecule has 0 bridgehead atoms. The number of aromatic nitrogens is 2. The van der Waals surface area contributed by atoms with Gasteiger partial charge in [0, 0.05) is 43.4 Å². The fourth-order valence-electron chi connectivity index (χ4n) is 4.06. The second-order valence-corrected chi connectivity index (χ2v) is 7.34. The standard InChI is InChI=1S/C20H25N3O4/c1-3-6-23-13(2)15(8-21-23)9-22-10-16(17(11-22)20(24)25)14-4-5-18-19(7-14)27-12-26-18/h4-5,7-8,16-17H,3,6,9-12H2,1-2H3,(H,24,25)/t16-,17+/m1/s1. The normalized spacial score (nSPS) is 21.7. The molecule has 2 aromatic rings. The Bertz CT molecular complexity index is 848. The van der Waals surface area contributed by atoms with E-state index < -0.39 is 11.9 Å². The van der Waals surface area contributed by atoms with Crippen molar-refractivity contribution in [1.82, 2.24) is 14.7 Å². The fraction of sp³-hybridized carbons (Fsp3) is 0.500. The van der Waals surface area contributed by atoms with Crippen molar-refractivity contribution in [2.24, 2.45) is 5.92 Å². The predicted molar refractivity (Wildman–Crippen MR) is 99.0 cm³/mol. The molecule has 1 fully saturated rings. The van der Waals surface area contributed by atoms with Gasteiger partial charge in [0.05, 0.1) is 12.1 Å². The lowest BCUT2D eigenvalue weighted by Gasteiger charge is -2.16. The minimum atomic E-state index is -0.751. The van der Waals surface area contributed by atoms with Crippen molar-refractivity contribution in [1.29, 1.82) is 0 Å². The molecule has 7 heteroatoms. The minimum absolute atomic E-state index is 0.0667. The number of benzene rings is 1. The van der Waals surface area contributed by atoms with Gasteiger partial charge in [0.25, 0.3) is 0 Å². The van der Waals surface area contributed by atoms with Crippen LogP contribution in [0.25, 0.3) is 0 Å². The average molecular weight is 371 g/mol. The maximum atomic E-state index is 11.9. The molecule has 0 saturated carbocycles. The van der Waals surface area contributed by atoms with Gasteiger partial charge in [-0.15, -0.1) is 0 Å². The number of hydrogen-bond donors (Lipinski definition) is 1. The Morgan fingerprint density at radius 2 is 2.11 bits per heavy atom. The van der Waals surface area contributed by atoms with Crippen molar-refractivity contribution >= 4 is 5.97 Å². The lowest BCUT2D eigenvalue weighted by atomic mass is 9.89. The van der Waals surface area contributed by atoms with E-state index in [1.807, 2.05) is 29.1 Å². The van der Waals surface area contributed by atoms with E-state index in [0.717, 1.165) is 36.5 Å². The Labute approximate surface area is 158 Å². The summed E-state index contributed by atoms with van der Waals surface area (Å²) in [4.78, 5) is 14.1. The summed E-state index contributed by atoms with van der Waals surface area (Å²) in [5, 5.41) is 14.2. The minimum Gasteiger partial charge on any atom is -0.481 e. The number of likely N-dealkylation sites (tertiary alicyclic amines) is 1. The topological polar surface area (TPSA) is 76.8 Å². The molecule has 144 valence electrons. The van der Waals surface area contributed by atoms with Crippen LogP contribution in [-0.4, -0.2) is 45.6 Å². The van der Waals surface area contributed by atoms with E-state index in [2.05, 4.69) is 23.8 Å². The Kier molecular flexibility index (Phi) is 4.78. The average Bonchev–Trinajstić information content (AvgIpc) is 3.36. The van der Waals surface area contributed by atoms with Gasteiger partial charge in [-0.3, -0.25) is 14.4 Å². The molecule has 4 rings (SSSR count). The van der Waals surface area contributed by atoms with Crippen molar-refractivity contribution < 1.29 is 19.4 Å². The van der Waals surface area contributed by atoms with Gasteiger partial charge in [-0.05, 0) is 31.0 Å². The van der Waals surface area contributed by atoms with E-state index in [1.165, 1.54) is 5.56 Å². The maximum absolute atomic E-state index is 11.9. The number of nitrogens with zero attached hydrogens (tertiary/aromatic N) is 3. The highest BCUT2D eigenvalue weighted by molar-refractivity contribution is 5.72. The molecule has 1 N–H and O–H groups in total. The molecule has 0 spiro atoms. The van der Waals surface area contributed by atoms with E-state index in [9.17, 15) is 9.90 Å². The van der Waals surface area contributed by atoms with E-state index in [-0.39, 0.29) is 12.7 Å². The van der Waals surface area contributed by atoms with Gasteiger partial charge in [-0.2, -0.15) is 5.10 Å². The molecule has 0 amide bonds. The van der Waals surface area contributed by atoms with Gasteiger partial charge in [0.2, 0.25) is 6.79 Å². The third kappa shape index (κ3) is 3.39. The highest BCUT2D eigenvalue weighted by Crippen LogP contribution is 2.39. The van der Waals surface area contributed by atoms with E-state index in [4.69, 9.17) is 9.47 Å². The first-order chi connectivity index (χ1) is 13.1. The Morgan fingerprint density at radius 1 is 1.30 bits per heavy atom. The molecule has 2 atom stereocenters. The third-order valence-corrected chi connectivity index (χ3v) is 5.57. The van der Waals surface area contributed by atoms with Crippen LogP contribution in [0, 0.1) is 12.8 Å². The summed E-state index contributed by atoms with van der Waals surface area (Å²) in [6, 6.07) is 5.76. The lowest BCUT2D eigenvalue weighted by Crippen LogP contribution is -2.23. The van der Waals surface area contributed by atoms with Crippen LogP contribution in [0.2, 0.25) is 0 Å². The second kappa shape index (κ2) is 7.23. The molecular formula is C20H25N3O4. The molecule has 0 unspecified atom stereocenters. The van der Waals surface area contributed by atoms with Crippen molar-refractivity contribution in [3.63, 3.8) is 0 Å². The molecule has 3 heterocycles. The lowest BCUT2D eigenvalue weighted by molar-refractivity contribution is -0.141. The number of ether oxygens (including phenoxy) is 2. The van der Waals surface area contributed by atoms with Gasteiger partial charge in [0.1, 0.15) is 0 Å². The summed E-state index contributed by atoms with van der Waals surface area (Å²) >= 11 is 0. The predicted octanol–water partition coefficient (Wildman–Crippen LogP) is 2.63. The smallest absolute Gasteiger partial charge is 0.308 e. The fourth-order valence-corrected chi connectivity index (χ4v) is 4.06. The van der Waals surface area contributed by atoms with Crippen LogP contribution in [-0.2, 0) is 17.9 Å². The molecule has 2 aliphatic rings. The first-order valence-electron chi connectivity index (χ1n) is 9.42. The maximum Gasteiger partial charge on any atom is 0.308 e. The van der Waals surface area contributed by atoms with Crippen molar-refractivity contribution in [3.8, 4) is 11.5 Å².